The maximum Gasteiger partial charge on any atom is 0.123 e. The van der Waals surface area contributed by atoms with Crippen LogP contribution in [0.25, 0.3) is 0 Å². The number of nitrogens with one attached hydrogen (secondary N) is 1. The quantitative estimate of drug-likeness (QED) is 0.912. The average Bonchev–Trinajstić information content (AvgIpc) is 2.37. The third-order valence-corrected chi connectivity index (χ3v) is 4.61. The highest BCUT2D eigenvalue weighted by Gasteiger charge is 2.21. The molecule has 1 aromatic rings. The van der Waals surface area contributed by atoms with E-state index in [4.69, 9.17) is 0 Å². The molecule has 1 fully saturated rings. The first kappa shape index (κ1) is 14.7. The molecule has 1 unspecified atom stereocenters. The zero-order valence-corrected chi connectivity index (χ0v) is 12.8. The Kier molecular flexibility index (Phi) is 5.11. The maximum atomic E-state index is 13.5. The Balaban J connectivity index is 2.22. The van der Waals surface area contributed by atoms with Crippen molar-refractivity contribution in [3.8, 4) is 0 Å². The number of thioether (sulfide) groups is 1. The van der Waals surface area contributed by atoms with Gasteiger partial charge in [0.15, 0.2) is 0 Å². The van der Waals surface area contributed by atoms with E-state index in [-0.39, 0.29) is 5.82 Å². The van der Waals surface area contributed by atoms with E-state index < -0.39 is 0 Å². The summed E-state index contributed by atoms with van der Waals surface area (Å²) in [5.74, 6) is 2.15. The number of hydrogen-bond acceptors (Lipinski definition) is 3. The molecule has 0 spiro atoms. The SMILES string of the molecule is CC(C)NCc1cc(F)ccc1N1CCSCC1C. The van der Waals surface area contributed by atoms with Crippen LogP contribution in [0.15, 0.2) is 18.2 Å². The summed E-state index contributed by atoms with van der Waals surface area (Å²) in [6.45, 7) is 8.24. The lowest BCUT2D eigenvalue weighted by Gasteiger charge is -2.36. The molecular weight excluding hydrogens is 259 g/mol. The van der Waals surface area contributed by atoms with Crippen LogP contribution in [0.1, 0.15) is 26.3 Å². The fraction of sp³-hybridized carbons (Fsp3) is 0.600. The number of hydrogen-bond donors (Lipinski definition) is 1. The molecule has 19 heavy (non-hydrogen) atoms. The van der Waals surface area contributed by atoms with E-state index in [1.807, 2.05) is 17.8 Å². The van der Waals surface area contributed by atoms with Gasteiger partial charge in [0.2, 0.25) is 0 Å². The Labute approximate surface area is 119 Å². The van der Waals surface area contributed by atoms with Crippen LogP contribution in [0.3, 0.4) is 0 Å². The fourth-order valence-corrected chi connectivity index (χ4v) is 3.39. The van der Waals surface area contributed by atoms with Gasteiger partial charge in [-0.3, -0.25) is 0 Å². The third kappa shape index (κ3) is 3.86. The third-order valence-electron chi connectivity index (χ3n) is 3.42. The van der Waals surface area contributed by atoms with Crippen LogP contribution in [0.2, 0.25) is 0 Å². The minimum Gasteiger partial charge on any atom is -0.367 e. The van der Waals surface area contributed by atoms with E-state index in [0.29, 0.717) is 12.1 Å². The largest absolute Gasteiger partial charge is 0.367 e. The van der Waals surface area contributed by atoms with Crippen molar-refractivity contribution in [2.24, 2.45) is 0 Å². The summed E-state index contributed by atoms with van der Waals surface area (Å²) in [6.07, 6.45) is 0. The fourth-order valence-electron chi connectivity index (χ4n) is 2.37. The molecular formula is C15H23FN2S. The Bertz CT molecular complexity index is 423. The molecule has 0 bridgehead atoms. The van der Waals surface area contributed by atoms with Crippen LogP contribution in [0.4, 0.5) is 10.1 Å². The number of rotatable bonds is 4. The van der Waals surface area contributed by atoms with Crippen LogP contribution in [-0.4, -0.2) is 30.1 Å². The summed E-state index contributed by atoms with van der Waals surface area (Å²) in [5.41, 5.74) is 2.25. The van der Waals surface area contributed by atoms with Crippen molar-refractivity contribution in [2.75, 3.05) is 23.0 Å². The summed E-state index contributed by atoms with van der Waals surface area (Å²) < 4.78 is 13.5. The van der Waals surface area contributed by atoms with Crippen LogP contribution >= 0.6 is 11.8 Å². The normalized spacial score (nSPS) is 20.1. The van der Waals surface area contributed by atoms with Crippen molar-refractivity contribution in [2.45, 2.75) is 39.4 Å². The molecule has 0 amide bonds. The van der Waals surface area contributed by atoms with Crippen molar-refractivity contribution in [3.05, 3.63) is 29.6 Å². The first-order valence-electron chi connectivity index (χ1n) is 6.94. The molecule has 1 aliphatic rings. The molecule has 1 heterocycles. The van der Waals surface area contributed by atoms with E-state index in [2.05, 4.69) is 31.0 Å². The van der Waals surface area contributed by atoms with Gasteiger partial charge >= 0.3 is 0 Å². The highest BCUT2D eigenvalue weighted by Crippen LogP contribution is 2.28. The standard InChI is InChI=1S/C15H23FN2S/c1-11(2)17-9-13-8-14(16)4-5-15(13)18-6-7-19-10-12(18)3/h4-5,8,11-12,17H,6-7,9-10H2,1-3H3. The lowest BCUT2D eigenvalue weighted by Crippen LogP contribution is -2.41. The minimum absolute atomic E-state index is 0.150. The van der Waals surface area contributed by atoms with Gasteiger partial charge in [0.05, 0.1) is 0 Å². The Morgan fingerprint density at radius 3 is 2.95 bits per heavy atom. The van der Waals surface area contributed by atoms with Gasteiger partial charge < -0.3 is 10.2 Å². The molecule has 1 N–H and O–H groups in total. The van der Waals surface area contributed by atoms with Gasteiger partial charge in [0, 0.05) is 42.4 Å². The predicted molar refractivity (Wildman–Crippen MR) is 82.5 cm³/mol. The van der Waals surface area contributed by atoms with Crippen LogP contribution in [0.5, 0.6) is 0 Å². The second kappa shape index (κ2) is 6.62. The smallest absolute Gasteiger partial charge is 0.123 e. The number of anilines is 1. The Morgan fingerprint density at radius 2 is 2.26 bits per heavy atom. The van der Waals surface area contributed by atoms with Gasteiger partial charge in [-0.05, 0) is 30.7 Å². The van der Waals surface area contributed by atoms with Gasteiger partial charge in [-0.2, -0.15) is 11.8 Å². The molecule has 2 rings (SSSR count). The van der Waals surface area contributed by atoms with Gasteiger partial charge in [0.1, 0.15) is 5.82 Å². The number of benzene rings is 1. The van der Waals surface area contributed by atoms with Gasteiger partial charge in [-0.15, -0.1) is 0 Å². The van der Waals surface area contributed by atoms with Crippen molar-refractivity contribution in [1.82, 2.24) is 5.32 Å². The van der Waals surface area contributed by atoms with Gasteiger partial charge in [0.25, 0.3) is 0 Å². The molecule has 0 saturated carbocycles. The molecule has 2 nitrogen and oxygen atoms in total. The lowest BCUT2D eigenvalue weighted by molar-refractivity contribution is 0.578. The van der Waals surface area contributed by atoms with Crippen LogP contribution in [0, 0.1) is 5.82 Å². The summed E-state index contributed by atoms with van der Waals surface area (Å²) in [4.78, 5) is 2.41. The number of nitrogens with zero attached hydrogens (tertiary/aromatic N) is 1. The summed E-state index contributed by atoms with van der Waals surface area (Å²) in [6, 6.07) is 6.09. The van der Waals surface area contributed by atoms with Crippen molar-refractivity contribution >= 4 is 17.4 Å². The van der Waals surface area contributed by atoms with Gasteiger partial charge in [-0.1, -0.05) is 13.8 Å². The van der Waals surface area contributed by atoms with Gasteiger partial charge in [-0.25, -0.2) is 4.39 Å². The van der Waals surface area contributed by atoms with E-state index in [1.54, 1.807) is 12.1 Å². The summed E-state index contributed by atoms with van der Waals surface area (Å²) >= 11 is 2.00. The van der Waals surface area contributed by atoms with Crippen molar-refractivity contribution < 1.29 is 4.39 Å². The molecule has 0 radical (unpaired) electrons. The van der Waals surface area contributed by atoms with Crippen molar-refractivity contribution in [1.29, 1.82) is 0 Å². The zero-order chi connectivity index (χ0) is 13.8. The highest BCUT2D eigenvalue weighted by atomic mass is 32.2. The first-order chi connectivity index (χ1) is 9.08. The van der Waals surface area contributed by atoms with E-state index in [1.165, 1.54) is 5.69 Å². The molecule has 0 aromatic heterocycles. The Morgan fingerprint density at radius 1 is 1.47 bits per heavy atom. The summed E-state index contributed by atoms with van der Waals surface area (Å²) in [5, 5.41) is 3.38. The molecule has 106 valence electrons. The summed E-state index contributed by atoms with van der Waals surface area (Å²) in [7, 11) is 0. The first-order valence-corrected chi connectivity index (χ1v) is 8.09. The van der Waals surface area contributed by atoms with Crippen LogP contribution in [-0.2, 0) is 6.54 Å². The molecule has 1 atom stereocenters. The molecule has 1 saturated heterocycles. The highest BCUT2D eigenvalue weighted by molar-refractivity contribution is 7.99. The van der Waals surface area contributed by atoms with Crippen LogP contribution < -0.4 is 10.2 Å². The zero-order valence-electron chi connectivity index (χ0n) is 11.9. The second-order valence-corrected chi connectivity index (χ2v) is 6.58. The Hall–Kier alpha value is -0.740. The molecule has 0 aliphatic carbocycles. The predicted octanol–water partition coefficient (Wildman–Crippen LogP) is 3.27. The second-order valence-electron chi connectivity index (χ2n) is 5.43. The van der Waals surface area contributed by atoms with E-state index in [0.717, 1.165) is 30.2 Å². The topological polar surface area (TPSA) is 15.3 Å². The number of halogens is 1. The molecule has 1 aliphatic heterocycles. The minimum atomic E-state index is -0.150. The van der Waals surface area contributed by atoms with E-state index >= 15 is 0 Å². The van der Waals surface area contributed by atoms with Crippen molar-refractivity contribution in [3.63, 3.8) is 0 Å². The van der Waals surface area contributed by atoms with E-state index in [9.17, 15) is 4.39 Å². The monoisotopic (exact) mass is 282 g/mol. The maximum absolute atomic E-state index is 13.5. The molecule has 1 aromatic carbocycles. The average molecular weight is 282 g/mol. The lowest BCUT2D eigenvalue weighted by atomic mass is 10.1. The molecule has 4 heteroatoms.